The predicted molar refractivity (Wildman–Crippen MR) is 119 cm³/mol. The van der Waals surface area contributed by atoms with Crippen molar-refractivity contribution >= 4 is 43.5 Å². The Morgan fingerprint density at radius 1 is 0.967 bits per heavy atom. The zero-order chi connectivity index (χ0) is 21.6. The fourth-order valence-electron chi connectivity index (χ4n) is 3.24. The summed E-state index contributed by atoms with van der Waals surface area (Å²) in [6, 6.07) is 13.3. The Labute approximate surface area is 185 Å². The standard InChI is InChI=1S/C21H24BrN3O4S/c22-17-10-8-16(9-11-17)21(27)23-13-12-20(26)24-18-6-2-3-7-19(18)30(28,29)25-14-4-1-5-15-25/h2-3,6-11H,1,4-5,12-15H2,(H,23,27)(H,24,26). The molecule has 0 aromatic heterocycles. The van der Waals surface area contributed by atoms with Crippen LogP contribution in [-0.2, 0) is 14.8 Å². The third-order valence-electron chi connectivity index (χ3n) is 4.84. The first kappa shape index (κ1) is 22.5. The minimum absolute atomic E-state index is 0.0281. The smallest absolute Gasteiger partial charge is 0.251 e. The van der Waals surface area contributed by atoms with Crippen LogP contribution in [0, 0.1) is 0 Å². The van der Waals surface area contributed by atoms with Gasteiger partial charge in [-0.2, -0.15) is 4.31 Å². The third kappa shape index (κ3) is 5.68. The molecule has 2 amide bonds. The van der Waals surface area contributed by atoms with E-state index >= 15 is 0 Å². The molecule has 1 heterocycles. The van der Waals surface area contributed by atoms with E-state index in [1.54, 1.807) is 42.5 Å². The molecular weight excluding hydrogens is 470 g/mol. The molecule has 0 atom stereocenters. The number of piperidine rings is 1. The SMILES string of the molecule is O=C(CCNC(=O)c1ccc(Br)cc1)Nc1ccccc1S(=O)(=O)N1CCCCC1. The first-order valence-corrected chi connectivity index (χ1v) is 12.0. The lowest BCUT2D eigenvalue weighted by Crippen LogP contribution is -2.36. The summed E-state index contributed by atoms with van der Waals surface area (Å²) in [5, 5.41) is 5.36. The summed E-state index contributed by atoms with van der Waals surface area (Å²) in [6.45, 7) is 1.13. The lowest BCUT2D eigenvalue weighted by molar-refractivity contribution is -0.116. The molecule has 160 valence electrons. The molecule has 2 aromatic carbocycles. The van der Waals surface area contributed by atoms with Gasteiger partial charge in [-0.3, -0.25) is 9.59 Å². The molecular formula is C21H24BrN3O4S. The Balaban J connectivity index is 1.59. The second-order valence-electron chi connectivity index (χ2n) is 7.02. The maximum Gasteiger partial charge on any atom is 0.251 e. The summed E-state index contributed by atoms with van der Waals surface area (Å²) < 4.78 is 28.3. The van der Waals surface area contributed by atoms with Gasteiger partial charge in [-0.15, -0.1) is 0 Å². The molecule has 1 saturated heterocycles. The summed E-state index contributed by atoms with van der Waals surface area (Å²) in [5.74, 6) is -0.643. The molecule has 3 rings (SSSR count). The van der Waals surface area contributed by atoms with Crippen molar-refractivity contribution in [3.8, 4) is 0 Å². The zero-order valence-electron chi connectivity index (χ0n) is 16.4. The highest BCUT2D eigenvalue weighted by Gasteiger charge is 2.28. The number of benzene rings is 2. The van der Waals surface area contributed by atoms with E-state index in [4.69, 9.17) is 0 Å². The number of sulfonamides is 1. The van der Waals surface area contributed by atoms with Gasteiger partial charge < -0.3 is 10.6 Å². The predicted octanol–water partition coefficient (Wildman–Crippen LogP) is 3.38. The Morgan fingerprint density at radius 3 is 2.33 bits per heavy atom. The van der Waals surface area contributed by atoms with Crippen LogP contribution in [0.25, 0.3) is 0 Å². The van der Waals surface area contributed by atoms with E-state index in [2.05, 4.69) is 26.6 Å². The number of amides is 2. The number of nitrogens with one attached hydrogen (secondary N) is 2. The molecule has 0 spiro atoms. The largest absolute Gasteiger partial charge is 0.352 e. The van der Waals surface area contributed by atoms with Crippen LogP contribution in [0.4, 0.5) is 5.69 Å². The van der Waals surface area contributed by atoms with Crippen molar-refractivity contribution in [2.45, 2.75) is 30.6 Å². The summed E-state index contributed by atoms with van der Waals surface area (Å²) in [5.41, 5.74) is 0.754. The van der Waals surface area contributed by atoms with Gasteiger partial charge in [0.1, 0.15) is 4.90 Å². The van der Waals surface area contributed by atoms with Gasteiger partial charge in [0, 0.05) is 36.1 Å². The van der Waals surface area contributed by atoms with E-state index in [0.717, 1.165) is 23.7 Å². The van der Waals surface area contributed by atoms with Crippen molar-refractivity contribution in [3.63, 3.8) is 0 Å². The van der Waals surface area contributed by atoms with E-state index in [0.29, 0.717) is 18.7 Å². The Hall–Kier alpha value is -2.23. The van der Waals surface area contributed by atoms with Crippen LogP contribution in [0.15, 0.2) is 57.9 Å². The Kier molecular flexibility index (Phi) is 7.63. The monoisotopic (exact) mass is 493 g/mol. The van der Waals surface area contributed by atoms with E-state index < -0.39 is 10.0 Å². The van der Waals surface area contributed by atoms with Crippen LogP contribution < -0.4 is 10.6 Å². The van der Waals surface area contributed by atoms with Crippen LogP contribution >= 0.6 is 15.9 Å². The second-order valence-corrected chi connectivity index (χ2v) is 9.84. The van der Waals surface area contributed by atoms with Gasteiger partial charge in [-0.25, -0.2) is 8.42 Å². The van der Waals surface area contributed by atoms with Gasteiger partial charge in [0.05, 0.1) is 5.69 Å². The van der Waals surface area contributed by atoms with Crippen LogP contribution in [0.2, 0.25) is 0 Å². The lowest BCUT2D eigenvalue weighted by atomic mass is 10.2. The molecule has 0 aliphatic carbocycles. The average Bonchev–Trinajstić information content (AvgIpc) is 2.75. The molecule has 1 aliphatic heterocycles. The van der Waals surface area contributed by atoms with Gasteiger partial charge in [0.25, 0.3) is 5.91 Å². The quantitative estimate of drug-likeness (QED) is 0.617. The van der Waals surface area contributed by atoms with Crippen molar-refractivity contribution < 1.29 is 18.0 Å². The summed E-state index contributed by atoms with van der Waals surface area (Å²) in [6.07, 6.45) is 2.73. The third-order valence-corrected chi connectivity index (χ3v) is 7.32. The van der Waals surface area contributed by atoms with Crippen LogP contribution in [0.1, 0.15) is 36.0 Å². The first-order chi connectivity index (χ1) is 14.4. The highest BCUT2D eigenvalue weighted by atomic mass is 79.9. The number of halogens is 1. The summed E-state index contributed by atoms with van der Waals surface area (Å²) in [7, 11) is -3.67. The first-order valence-electron chi connectivity index (χ1n) is 9.81. The lowest BCUT2D eigenvalue weighted by Gasteiger charge is -2.26. The number of carbonyl (C=O) groups excluding carboxylic acids is 2. The van der Waals surface area contributed by atoms with Crippen molar-refractivity contribution in [1.29, 1.82) is 0 Å². The summed E-state index contributed by atoms with van der Waals surface area (Å²) in [4.78, 5) is 24.6. The van der Waals surface area contributed by atoms with Crippen molar-refractivity contribution in [2.24, 2.45) is 0 Å². The van der Waals surface area contributed by atoms with E-state index in [1.807, 2.05) is 0 Å². The van der Waals surface area contributed by atoms with Crippen LogP contribution in [-0.4, -0.2) is 44.2 Å². The average molecular weight is 494 g/mol. The van der Waals surface area contributed by atoms with E-state index in [9.17, 15) is 18.0 Å². The molecule has 0 saturated carbocycles. The van der Waals surface area contributed by atoms with Crippen molar-refractivity contribution in [3.05, 3.63) is 58.6 Å². The topological polar surface area (TPSA) is 95.6 Å². The Morgan fingerprint density at radius 2 is 1.63 bits per heavy atom. The van der Waals surface area contributed by atoms with E-state index in [1.165, 1.54) is 10.4 Å². The van der Waals surface area contributed by atoms with Crippen molar-refractivity contribution in [2.75, 3.05) is 25.0 Å². The normalized spacial score (nSPS) is 14.8. The highest BCUT2D eigenvalue weighted by molar-refractivity contribution is 9.10. The molecule has 2 aromatic rings. The van der Waals surface area contributed by atoms with Gasteiger partial charge in [-0.05, 0) is 49.2 Å². The molecule has 0 bridgehead atoms. The number of anilines is 1. The maximum atomic E-state index is 13.0. The van der Waals surface area contributed by atoms with Gasteiger partial charge in [0.15, 0.2) is 0 Å². The van der Waals surface area contributed by atoms with Gasteiger partial charge in [-0.1, -0.05) is 34.5 Å². The molecule has 30 heavy (non-hydrogen) atoms. The number of hydrogen-bond acceptors (Lipinski definition) is 4. The molecule has 7 nitrogen and oxygen atoms in total. The maximum absolute atomic E-state index is 13.0. The molecule has 1 fully saturated rings. The fraction of sp³-hybridized carbons (Fsp3) is 0.333. The second kappa shape index (κ2) is 10.2. The molecule has 9 heteroatoms. The Bertz CT molecular complexity index is 1000. The number of hydrogen-bond donors (Lipinski definition) is 2. The number of rotatable bonds is 7. The number of carbonyl (C=O) groups is 2. The fourth-order valence-corrected chi connectivity index (χ4v) is 5.17. The molecule has 0 radical (unpaired) electrons. The van der Waals surface area contributed by atoms with Gasteiger partial charge >= 0.3 is 0 Å². The highest BCUT2D eigenvalue weighted by Crippen LogP contribution is 2.26. The molecule has 1 aliphatic rings. The van der Waals surface area contributed by atoms with E-state index in [-0.39, 0.29) is 35.4 Å². The van der Waals surface area contributed by atoms with Crippen LogP contribution in [0.3, 0.4) is 0 Å². The van der Waals surface area contributed by atoms with Gasteiger partial charge in [0.2, 0.25) is 15.9 Å². The summed E-state index contributed by atoms with van der Waals surface area (Å²) >= 11 is 3.31. The minimum Gasteiger partial charge on any atom is -0.352 e. The number of para-hydroxylation sites is 1. The number of nitrogens with zero attached hydrogens (tertiary/aromatic N) is 1. The van der Waals surface area contributed by atoms with Crippen LogP contribution in [0.5, 0.6) is 0 Å². The van der Waals surface area contributed by atoms with Crippen molar-refractivity contribution in [1.82, 2.24) is 9.62 Å². The molecule has 2 N–H and O–H groups in total. The zero-order valence-corrected chi connectivity index (χ0v) is 18.8. The minimum atomic E-state index is -3.67. The molecule has 0 unspecified atom stereocenters.